The van der Waals surface area contributed by atoms with Gasteiger partial charge in [-0.3, -0.25) is 4.79 Å². The number of hydrogen-bond acceptors (Lipinski definition) is 2. The van der Waals surface area contributed by atoms with Gasteiger partial charge in [0.05, 0.1) is 0 Å². The van der Waals surface area contributed by atoms with E-state index in [4.69, 9.17) is 0 Å². The molecule has 0 atom stereocenters. The molecule has 0 aromatic heterocycles. The van der Waals surface area contributed by atoms with Gasteiger partial charge in [-0.1, -0.05) is 24.3 Å². The maximum atomic E-state index is 12.7. The predicted octanol–water partition coefficient (Wildman–Crippen LogP) is 3.25. The summed E-state index contributed by atoms with van der Waals surface area (Å²) < 4.78 is 12.7. The number of aryl methyl sites for hydroxylation is 1. The van der Waals surface area contributed by atoms with Gasteiger partial charge >= 0.3 is 0 Å². The van der Waals surface area contributed by atoms with E-state index < -0.39 is 0 Å². The van der Waals surface area contributed by atoms with Crippen molar-refractivity contribution >= 4 is 11.6 Å². The molecule has 0 aliphatic rings. The molecule has 0 radical (unpaired) electrons. The van der Waals surface area contributed by atoms with E-state index in [0.717, 1.165) is 11.3 Å². The Kier molecular flexibility index (Phi) is 5.32. The van der Waals surface area contributed by atoms with Crippen LogP contribution in [-0.4, -0.2) is 12.5 Å². The number of anilines is 1. The number of amides is 1. The summed E-state index contributed by atoms with van der Waals surface area (Å²) in [6.45, 7) is 3.09. The molecule has 2 N–H and O–H groups in total. The predicted molar refractivity (Wildman–Crippen MR) is 82.5 cm³/mol. The first-order valence-corrected chi connectivity index (χ1v) is 6.96. The molecule has 3 nitrogen and oxygen atoms in total. The summed E-state index contributed by atoms with van der Waals surface area (Å²) >= 11 is 0. The first kappa shape index (κ1) is 15.0. The van der Waals surface area contributed by atoms with E-state index in [1.54, 1.807) is 12.1 Å². The van der Waals surface area contributed by atoms with Crippen LogP contribution in [-0.2, 0) is 11.3 Å². The lowest BCUT2D eigenvalue weighted by atomic mass is 10.1. The van der Waals surface area contributed by atoms with Gasteiger partial charge in [-0.15, -0.1) is 0 Å². The second-order valence-corrected chi connectivity index (χ2v) is 4.89. The summed E-state index contributed by atoms with van der Waals surface area (Å²) in [7, 11) is 0. The second-order valence-electron chi connectivity index (χ2n) is 4.89. The molecular weight excluding hydrogens is 267 g/mol. The molecule has 0 bridgehead atoms. The molecule has 1 amide bonds. The van der Waals surface area contributed by atoms with Gasteiger partial charge in [0, 0.05) is 25.2 Å². The first-order valence-electron chi connectivity index (χ1n) is 6.96. The zero-order valence-electron chi connectivity index (χ0n) is 12.0. The van der Waals surface area contributed by atoms with Crippen molar-refractivity contribution in [3.8, 4) is 0 Å². The van der Waals surface area contributed by atoms with Crippen molar-refractivity contribution < 1.29 is 9.18 Å². The normalized spacial score (nSPS) is 10.2. The van der Waals surface area contributed by atoms with Crippen molar-refractivity contribution in [1.29, 1.82) is 0 Å². The molecule has 0 saturated heterocycles. The van der Waals surface area contributed by atoms with Crippen LogP contribution in [0.2, 0.25) is 0 Å². The second kappa shape index (κ2) is 7.43. The van der Waals surface area contributed by atoms with Crippen LogP contribution in [0.4, 0.5) is 10.1 Å². The summed E-state index contributed by atoms with van der Waals surface area (Å²) in [5.41, 5.74) is 3.10. The lowest BCUT2D eigenvalue weighted by Crippen LogP contribution is -2.25. The molecule has 0 aliphatic carbocycles. The summed E-state index contributed by atoms with van der Waals surface area (Å²) in [6.07, 6.45) is 0.378. The Bertz CT molecular complexity index is 596. The van der Waals surface area contributed by atoms with Gasteiger partial charge in [-0.2, -0.15) is 0 Å². The van der Waals surface area contributed by atoms with Gasteiger partial charge in [-0.05, 0) is 42.3 Å². The third-order valence-corrected chi connectivity index (χ3v) is 3.26. The van der Waals surface area contributed by atoms with Gasteiger partial charge < -0.3 is 10.6 Å². The van der Waals surface area contributed by atoms with Gasteiger partial charge in [0.15, 0.2) is 0 Å². The Labute approximate surface area is 124 Å². The average Bonchev–Trinajstić information content (AvgIpc) is 2.48. The minimum absolute atomic E-state index is 0.00661. The van der Waals surface area contributed by atoms with E-state index in [1.165, 1.54) is 17.7 Å². The molecule has 0 fully saturated rings. The van der Waals surface area contributed by atoms with Crippen LogP contribution in [0.15, 0.2) is 48.5 Å². The number of carbonyl (C=O) groups is 1. The van der Waals surface area contributed by atoms with Crippen LogP contribution in [0.25, 0.3) is 0 Å². The van der Waals surface area contributed by atoms with Crippen molar-refractivity contribution in [3.05, 3.63) is 65.5 Å². The van der Waals surface area contributed by atoms with Crippen LogP contribution >= 0.6 is 0 Å². The molecule has 0 unspecified atom stereocenters. The van der Waals surface area contributed by atoms with Gasteiger partial charge in [0.25, 0.3) is 0 Å². The average molecular weight is 286 g/mol. The topological polar surface area (TPSA) is 41.1 Å². The molecule has 110 valence electrons. The molecule has 0 heterocycles. The lowest BCUT2D eigenvalue weighted by molar-refractivity contribution is -0.121. The van der Waals surface area contributed by atoms with Crippen molar-refractivity contribution in [3.63, 3.8) is 0 Å². The SMILES string of the molecule is Cc1ccccc1CNC(=O)CCNc1ccc(F)cc1. The fraction of sp³-hybridized carbons (Fsp3) is 0.235. The molecule has 4 heteroatoms. The molecule has 21 heavy (non-hydrogen) atoms. The third kappa shape index (κ3) is 4.91. The molecule has 2 aromatic rings. The zero-order chi connectivity index (χ0) is 15.1. The Balaban J connectivity index is 1.70. The van der Waals surface area contributed by atoms with Crippen molar-refractivity contribution in [2.75, 3.05) is 11.9 Å². The highest BCUT2D eigenvalue weighted by Crippen LogP contribution is 2.08. The number of rotatable bonds is 6. The van der Waals surface area contributed by atoms with Crippen molar-refractivity contribution in [2.45, 2.75) is 19.9 Å². The van der Waals surface area contributed by atoms with Gasteiger partial charge in [-0.25, -0.2) is 4.39 Å². The minimum Gasteiger partial charge on any atom is -0.385 e. The number of benzene rings is 2. The van der Waals surface area contributed by atoms with Crippen LogP contribution in [0, 0.1) is 12.7 Å². The Morgan fingerprint density at radius 3 is 2.52 bits per heavy atom. The molecule has 0 aliphatic heterocycles. The van der Waals surface area contributed by atoms with Crippen molar-refractivity contribution in [1.82, 2.24) is 5.32 Å². The highest BCUT2D eigenvalue weighted by molar-refractivity contribution is 5.76. The first-order chi connectivity index (χ1) is 10.1. The van der Waals surface area contributed by atoms with E-state index >= 15 is 0 Å². The standard InChI is InChI=1S/C17H19FN2O/c1-13-4-2-3-5-14(13)12-20-17(21)10-11-19-16-8-6-15(18)7-9-16/h2-9,19H,10-12H2,1H3,(H,20,21). The van der Waals surface area contributed by atoms with Crippen LogP contribution < -0.4 is 10.6 Å². The quantitative estimate of drug-likeness (QED) is 0.856. The largest absolute Gasteiger partial charge is 0.385 e. The third-order valence-electron chi connectivity index (χ3n) is 3.26. The maximum absolute atomic E-state index is 12.7. The fourth-order valence-electron chi connectivity index (χ4n) is 1.98. The summed E-state index contributed by atoms with van der Waals surface area (Å²) in [5, 5.41) is 5.98. The van der Waals surface area contributed by atoms with E-state index in [9.17, 15) is 9.18 Å². The fourth-order valence-corrected chi connectivity index (χ4v) is 1.98. The molecule has 2 rings (SSSR count). The van der Waals surface area contributed by atoms with Crippen molar-refractivity contribution in [2.24, 2.45) is 0 Å². The summed E-state index contributed by atoms with van der Waals surface area (Å²) in [4.78, 5) is 11.8. The smallest absolute Gasteiger partial charge is 0.222 e. The number of halogens is 1. The Morgan fingerprint density at radius 2 is 1.81 bits per heavy atom. The number of nitrogens with one attached hydrogen (secondary N) is 2. The maximum Gasteiger partial charge on any atom is 0.222 e. The zero-order valence-corrected chi connectivity index (χ0v) is 12.0. The van der Waals surface area contributed by atoms with Crippen LogP contribution in [0.3, 0.4) is 0 Å². The summed E-state index contributed by atoms with van der Waals surface area (Å²) in [6, 6.07) is 14.1. The molecule has 0 spiro atoms. The minimum atomic E-state index is -0.267. The molecular formula is C17H19FN2O. The highest BCUT2D eigenvalue weighted by atomic mass is 19.1. The Hall–Kier alpha value is -2.36. The van der Waals surface area contributed by atoms with Crippen LogP contribution in [0.1, 0.15) is 17.5 Å². The Morgan fingerprint density at radius 1 is 1.10 bits per heavy atom. The van der Waals surface area contributed by atoms with E-state index in [-0.39, 0.29) is 11.7 Å². The van der Waals surface area contributed by atoms with E-state index in [1.807, 2.05) is 31.2 Å². The van der Waals surface area contributed by atoms with Gasteiger partial charge in [0.2, 0.25) is 5.91 Å². The molecule has 0 saturated carbocycles. The monoisotopic (exact) mass is 286 g/mol. The van der Waals surface area contributed by atoms with Crippen LogP contribution in [0.5, 0.6) is 0 Å². The van der Waals surface area contributed by atoms with E-state index in [0.29, 0.717) is 19.5 Å². The van der Waals surface area contributed by atoms with Gasteiger partial charge in [0.1, 0.15) is 5.82 Å². The number of hydrogen-bond donors (Lipinski definition) is 2. The number of carbonyl (C=O) groups excluding carboxylic acids is 1. The molecule has 2 aromatic carbocycles. The highest BCUT2D eigenvalue weighted by Gasteiger charge is 2.02. The van der Waals surface area contributed by atoms with E-state index in [2.05, 4.69) is 10.6 Å². The lowest BCUT2D eigenvalue weighted by Gasteiger charge is -2.09. The summed E-state index contributed by atoms with van der Waals surface area (Å²) in [5.74, 6) is -0.274.